The number of pyridine rings is 1. The molecule has 0 aliphatic carbocycles. The number of nitrogens with zero attached hydrogens (tertiary/aromatic N) is 4. The van der Waals surface area contributed by atoms with Gasteiger partial charge in [-0.15, -0.1) is 0 Å². The van der Waals surface area contributed by atoms with Crippen molar-refractivity contribution in [2.45, 2.75) is 33.1 Å². The van der Waals surface area contributed by atoms with Crippen molar-refractivity contribution in [1.29, 1.82) is 0 Å². The van der Waals surface area contributed by atoms with Crippen molar-refractivity contribution < 1.29 is 14.1 Å². The number of aryl methyl sites for hydroxylation is 1. The zero-order valence-electron chi connectivity index (χ0n) is 14.1. The van der Waals surface area contributed by atoms with Crippen LogP contribution in [0.5, 0.6) is 0 Å². The summed E-state index contributed by atoms with van der Waals surface area (Å²) in [5.74, 6) is 2.40. The highest BCUT2D eigenvalue weighted by Crippen LogP contribution is 2.24. The summed E-state index contributed by atoms with van der Waals surface area (Å²) in [6.45, 7) is 5.83. The summed E-state index contributed by atoms with van der Waals surface area (Å²) in [7, 11) is 0. The number of hydrogen-bond donors (Lipinski definition) is 0. The maximum atomic E-state index is 11.7. The number of carbonyl (C=O) groups excluding carboxylic acids is 1. The Bertz CT molecular complexity index is 683. The molecule has 0 amide bonds. The van der Waals surface area contributed by atoms with Gasteiger partial charge in [-0.05, 0) is 37.8 Å². The number of esters is 1. The molecule has 7 heteroatoms. The van der Waals surface area contributed by atoms with Gasteiger partial charge in [-0.25, -0.2) is 9.78 Å². The second kappa shape index (κ2) is 7.42. The predicted octanol–water partition coefficient (Wildman–Crippen LogP) is 2.41. The maximum Gasteiger partial charge on any atom is 0.339 e. The molecule has 1 aliphatic heterocycles. The number of anilines is 1. The molecule has 0 spiro atoms. The van der Waals surface area contributed by atoms with Crippen LogP contribution in [0, 0.1) is 12.8 Å². The number of carbonyl (C=O) groups is 1. The van der Waals surface area contributed by atoms with Crippen LogP contribution < -0.4 is 4.90 Å². The van der Waals surface area contributed by atoms with Gasteiger partial charge in [0, 0.05) is 32.6 Å². The Morgan fingerprint density at radius 1 is 1.46 bits per heavy atom. The molecule has 24 heavy (non-hydrogen) atoms. The van der Waals surface area contributed by atoms with Crippen molar-refractivity contribution in [2.75, 3.05) is 24.6 Å². The number of aromatic nitrogens is 3. The van der Waals surface area contributed by atoms with Crippen molar-refractivity contribution in [3.05, 3.63) is 35.6 Å². The number of hydrogen-bond acceptors (Lipinski definition) is 7. The topological polar surface area (TPSA) is 81.4 Å². The average Bonchev–Trinajstić information content (AvgIpc) is 3.00. The van der Waals surface area contributed by atoms with Gasteiger partial charge in [-0.2, -0.15) is 4.98 Å². The van der Waals surface area contributed by atoms with Crippen LogP contribution in [0.25, 0.3) is 0 Å². The summed E-state index contributed by atoms with van der Waals surface area (Å²) in [4.78, 5) is 22.7. The van der Waals surface area contributed by atoms with Gasteiger partial charge in [0.1, 0.15) is 5.82 Å². The highest BCUT2D eigenvalue weighted by molar-refractivity contribution is 5.89. The van der Waals surface area contributed by atoms with Gasteiger partial charge >= 0.3 is 5.97 Å². The predicted molar refractivity (Wildman–Crippen MR) is 87.9 cm³/mol. The van der Waals surface area contributed by atoms with E-state index in [0.29, 0.717) is 24.0 Å². The number of piperidine rings is 1. The Morgan fingerprint density at radius 2 is 2.33 bits per heavy atom. The average molecular weight is 330 g/mol. The van der Waals surface area contributed by atoms with Crippen LogP contribution in [-0.2, 0) is 11.2 Å². The van der Waals surface area contributed by atoms with E-state index in [9.17, 15) is 4.79 Å². The SMILES string of the molecule is CCOC(=O)c1ccc(N2CCC[C@@H](Cc3noc(C)n3)C2)nc1. The van der Waals surface area contributed by atoms with E-state index in [0.717, 1.165) is 44.0 Å². The zero-order valence-corrected chi connectivity index (χ0v) is 14.1. The first-order valence-electron chi connectivity index (χ1n) is 8.33. The molecule has 1 saturated heterocycles. The minimum Gasteiger partial charge on any atom is -0.462 e. The summed E-state index contributed by atoms with van der Waals surface area (Å²) in [5, 5.41) is 3.98. The maximum absolute atomic E-state index is 11.7. The van der Waals surface area contributed by atoms with Crippen molar-refractivity contribution in [1.82, 2.24) is 15.1 Å². The Balaban J connectivity index is 1.62. The van der Waals surface area contributed by atoms with Crippen LogP contribution in [0.3, 0.4) is 0 Å². The van der Waals surface area contributed by atoms with Crippen molar-refractivity contribution >= 4 is 11.8 Å². The van der Waals surface area contributed by atoms with Crippen LogP contribution in [0.2, 0.25) is 0 Å². The van der Waals surface area contributed by atoms with Crippen LogP contribution in [0.15, 0.2) is 22.9 Å². The van der Waals surface area contributed by atoms with Crippen molar-refractivity contribution in [2.24, 2.45) is 5.92 Å². The van der Waals surface area contributed by atoms with E-state index >= 15 is 0 Å². The second-order valence-corrected chi connectivity index (χ2v) is 6.01. The van der Waals surface area contributed by atoms with E-state index in [2.05, 4.69) is 20.0 Å². The van der Waals surface area contributed by atoms with E-state index in [4.69, 9.17) is 9.26 Å². The van der Waals surface area contributed by atoms with Gasteiger partial charge in [0.2, 0.25) is 5.89 Å². The summed E-state index contributed by atoms with van der Waals surface area (Å²) in [6, 6.07) is 3.65. The Labute approximate surface area is 141 Å². The molecule has 0 aromatic carbocycles. The second-order valence-electron chi connectivity index (χ2n) is 6.01. The first-order valence-corrected chi connectivity index (χ1v) is 8.33. The lowest BCUT2D eigenvalue weighted by Gasteiger charge is -2.33. The lowest BCUT2D eigenvalue weighted by atomic mass is 9.94. The smallest absolute Gasteiger partial charge is 0.339 e. The van der Waals surface area contributed by atoms with E-state index in [-0.39, 0.29) is 5.97 Å². The first-order chi connectivity index (χ1) is 11.7. The molecule has 1 aliphatic rings. The van der Waals surface area contributed by atoms with Crippen molar-refractivity contribution in [3.8, 4) is 0 Å². The molecule has 1 fully saturated rings. The minimum absolute atomic E-state index is 0.333. The van der Waals surface area contributed by atoms with Gasteiger partial charge in [-0.3, -0.25) is 0 Å². The van der Waals surface area contributed by atoms with Gasteiger partial charge in [0.15, 0.2) is 5.82 Å². The molecule has 2 aromatic rings. The third-order valence-corrected chi connectivity index (χ3v) is 4.14. The highest BCUT2D eigenvalue weighted by atomic mass is 16.5. The summed E-state index contributed by atoms with van der Waals surface area (Å²) in [6.07, 6.45) is 4.64. The summed E-state index contributed by atoms with van der Waals surface area (Å²) >= 11 is 0. The molecule has 128 valence electrons. The Hall–Kier alpha value is -2.44. The normalized spacial score (nSPS) is 17.8. The Kier molecular flexibility index (Phi) is 5.08. The van der Waals surface area contributed by atoms with Gasteiger partial charge in [0.25, 0.3) is 0 Å². The monoisotopic (exact) mass is 330 g/mol. The molecule has 2 aromatic heterocycles. The molecule has 0 N–H and O–H groups in total. The summed E-state index contributed by atoms with van der Waals surface area (Å²) in [5.41, 5.74) is 0.483. The zero-order chi connectivity index (χ0) is 16.9. The third-order valence-electron chi connectivity index (χ3n) is 4.14. The van der Waals surface area contributed by atoms with E-state index < -0.39 is 0 Å². The number of ether oxygens (including phenoxy) is 1. The lowest BCUT2D eigenvalue weighted by Crippen LogP contribution is -2.36. The van der Waals surface area contributed by atoms with Crippen LogP contribution in [0.4, 0.5) is 5.82 Å². The standard InChI is InChI=1S/C17H22N4O3/c1-3-23-17(22)14-6-7-16(18-10-14)21-8-4-5-13(11-21)9-15-19-12(2)24-20-15/h6-7,10,13H,3-5,8-9,11H2,1-2H3/t13-/m0/s1. The van der Waals surface area contributed by atoms with Crippen LogP contribution in [0.1, 0.15) is 41.8 Å². The molecule has 3 rings (SSSR count). The van der Waals surface area contributed by atoms with Crippen molar-refractivity contribution in [3.63, 3.8) is 0 Å². The molecule has 0 unspecified atom stereocenters. The fourth-order valence-electron chi connectivity index (χ4n) is 3.03. The van der Waals surface area contributed by atoms with E-state index in [1.807, 2.05) is 6.07 Å². The number of rotatable bonds is 5. The molecule has 7 nitrogen and oxygen atoms in total. The largest absolute Gasteiger partial charge is 0.462 e. The van der Waals surface area contributed by atoms with E-state index in [1.54, 1.807) is 26.1 Å². The molecular formula is C17H22N4O3. The fraction of sp³-hybridized carbons (Fsp3) is 0.529. The molecule has 0 radical (unpaired) electrons. The third kappa shape index (κ3) is 3.90. The van der Waals surface area contributed by atoms with Gasteiger partial charge in [-0.1, -0.05) is 5.16 Å². The van der Waals surface area contributed by atoms with Gasteiger partial charge < -0.3 is 14.2 Å². The fourth-order valence-corrected chi connectivity index (χ4v) is 3.03. The molecular weight excluding hydrogens is 308 g/mol. The quantitative estimate of drug-likeness (QED) is 0.779. The highest BCUT2D eigenvalue weighted by Gasteiger charge is 2.23. The first kappa shape index (κ1) is 16.4. The lowest BCUT2D eigenvalue weighted by molar-refractivity contribution is 0.0526. The molecule has 0 saturated carbocycles. The molecule has 1 atom stereocenters. The van der Waals surface area contributed by atoms with Crippen LogP contribution in [-0.4, -0.2) is 40.8 Å². The Morgan fingerprint density at radius 3 is 3.00 bits per heavy atom. The summed E-state index contributed by atoms with van der Waals surface area (Å²) < 4.78 is 10.0. The molecule has 0 bridgehead atoms. The van der Waals surface area contributed by atoms with Crippen LogP contribution >= 0.6 is 0 Å². The minimum atomic E-state index is -0.333. The van der Waals surface area contributed by atoms with E-state index in [1.165, 1.54) is 0 Å². The van der Waals surface area contributed by atoms with Gasteiger partial charge in [0.05, 0.1) is 12.2 Å². The molecule has 3 heterocycles.